The van der Waals surface area contributed by atoms with Crippen LogP contribution in [0.2, 0.25) is 0 Å². The Kier molecular flexibility index (Phi) is 4.93. The number of carbonyl (C=O) groups excluding carboxylic acids is 1. The molecule has 1 aliphatic heterocycles. The van der Waals surface area contributed by atoms with E-state index in [0.29, 0.717) is 19.6 Å². The number of rotatable bonds is 4. The summed E-state index contributed by atoms with van der Waals surface area (Å²) >= 11 is 0. The fourth-order valence-electron chi connectivity index (χ4n) is 2.22. The smallest absolute Gasteiger partial charge is 0.308 e. The minimum atomic E-state index is -0.811. The molecule has 5 nitrogen and oxygen atoms in total. The Bertz CT molecular complexity index is 292. The highest BCUT2D eigenvalue weighted by Crippen LogP contribution is 2.23. The van der Waals surface area contributed by atoms with Crippen LogP contribution in [0.1, 0.15) is 26.7 Å². The third-order valence-corrected chi connectivity index (χ3v) is 3.35. The summed E-state index contributed by atoms with van der Waals surface area (Å²) in [5, 5.41) is 9.00. The lowest BCUT2D eigenvalue weighted by molar-refractivity contribution is -0.149. The van der Waals surface area contributed by atoms with Gasteiger partial charge >= 0.3 is 5.97 Å². The molecule has 0 bridgehead atoms. The fourth-order valence-corrected chi connectivity index (χ4v) is 2.22. The van der Waals surface area contributed by atoms with Crippen molar-refractivity contribution in [2.45, 2.75) is 32.7 Å². The van der Waals surface area contributed by atoms with Gasteiger partial charge in [-0.3, -0.25) is 9.59 Å². The van der Waals surface area contributed by atoms with Crippen LogP contribution in [0.15, 0.2) is 0 Å². The largest absolute Gasteiger partial charge is 0.481 e. The van der Waals surface area contributed by atoms with Crippen molar-refractivity contribution in [2.75, 3.05) is 20.3 Å². The highest BCUT2D eigenvalue weighted by molar-refractivity contribution is 5.80. The van der Waals surface area contributed by atoms with Crippen LogP contribution >= 0.6 is 0 Å². The molecule has 0 saturated carbocycles. The second-order valence-corrected chi connectivity index (χ2v) is 4.81. The molecule has 5 heteroatoms. The number of methoxy groups -OCH3 is 1. The van der Waals surface area contributed by atoms with E-state index in [9.17, 15) is 9.59 Å². The molecule has 0 aliphatic carbocycles. The molecule has 1 fully saturated rings. The lowest BCUT2D eigenvalue weighted by Crippen LogP contribution is -2.49. The minimum absolute atomic E-state index is 0.00898. The summed E-state index contributed by atoms with van der Waals surface area (Å²) in [6.45, 7) is 4.47. The summed E-state index contributed by atoms with van der Waals surface area (Å²) in [4.78, 5) is 24.8. The average Bonchev–Trinajstić information content (AvgIpc) is 2.28. The zero-order valence-electron chi connectivity index (χ0n) is 10.7. The lowest BCUT2D eigenvalue weighted by atomic mass is 9.92. The molecule has 1 saturated heterocycles. The molecule has 17 heavy (non-hydrogen) atoms. The Morgan fingerprint density at radius 1 is 1.47 bits per heavy atom. The van der Waals surface area contributed by atoms with E-state index in [4.69, 9.17) is 9.84 Å². The molecule has 1 heterocycles. The summed E-state index contributed by atoms with van der Waals surface area (Å²) < 4.78 is 4.96. The van der Waals surface area contributed by atoms with Gasteiger partial charge in [0.15, 0.2) is 0 Å². The molecular weight excluding hydrogens is 222 g/mol. The fraction of sp³-hybridized carbons (Fsp3) is 0.833. The van der Waals surface area contributed by atoms with Crippen molar-refractivity contribution in [3.8, 4) is 0 Å². The molecule has 1 N–H and O–H groups in total. The molecule has 1 aliphatic rings. The van der Waals surface area contributed by atoms with E-state index in [-0.39, 0.29) is 17.9 Å². The van der Waals surface area contributed by atoms with E-state index in [2.05, 4.69) is 0 Å². The number of aliphatic carboxylic acids is 1. The summed E-state index contributed by atoms with van der Waals surface area (Å²) in [5.41, 5.74) is 0. The number of piperidine rings is 1. The number of hydrogen-bond acceptors (Lipinski definition) is 3. The van der Waals surface area contributed by atoms with Gasteiger partial charge in [0.2, 0.25) is 5.91 Å². The van der Waals surface area contributed by atoms with Crippen molar-refractivity contribution in [1.29, 1.82) is 0 Å². The topological polar surface area (TPSA) is 66.8 Å². The maximum absolute atomic E-state index is 12.1. The van der Waals surface area contributed by atoms with Gasteiger partial charge in [0.1, 0.15) is 0 Å². The summed E-state index contributed by atoms with van der Waals surface area (Å²) in [6, 6.07) is 0.123. The molecule has 0 aromatic carbocycles. The number of nitrogens with zero attached hydrogens (tertiary/aromatic N) is 1. The minimum Gasteiger partial charge on any atom is -0.481 e. The van der Waals surface area contributed by atoms with Crippen LogP contribution in [0.3, 0.4) is 0 Å². The summed E-state index contributed by atoms with van der Waals surface area (Å²) in [7, 11) is 1.56. The predicted octanol–water partition coefficient (Wildman–Crippen LogP) is 0.981. The van der Waals surface area contributed by atoms with Gasteiger partial charge in [0.05, 0.1) is 18.4 Å². The Hall–Kier alpha value is -1.10. The molecule has 0 radical (unpaired) electrons. The number of ether oxygens (including phenoxy) is 1. The number of carbonyl (C=O) groups is 2. The van der Waals surface area contributed by atoms with Gasteiger partial charge in [-0.1, -0.05) is 6.92 Å². The van der Waals surface area contributed by atoms with Gasteiger partial charge in [-0.15, -0.1) is 0 Å². The van der Waals surface area contributed by atoms with Crippen molar-refractivity contribution in [1.82, 2.24) is 4.90 Å². The highest BCUT2D eigenvalue weighted by atomic mass is 16.5. The first-order chi connectivity index (χ1) is 7.97. The molecule has 3 unspecified atom stereocenters. The maximum atomic E-state index is 12.1. The van der Waals surface area contributed by atoms with Gasteiger partial charge in [0.25, 0.3) is 0 Å². The first-order valence-corrected chi connectivity index (χ1v) is 5.99. The molecule has 0 aromatic rings. The lowest BCUT2D eigenvalue weighted by Gasteiger charge is -2.37. The number of carboxylic acids is 1. The molecule has 98 valence electrons. The van der Waals surface area contributed by atoms with Crippen LogP contribution in [0.25, 0.3) is 0 Å². The third-order valence-electron chi connectivity index (χ3n) is 3.35. The standard InChI is InChI=1S/C12H21NO4/c1-8(7-17-3)11(14)13-6-10(12(15)16)5-4-9(13)2/h8-10H,4-7H2,1-3H3,(H,15,16). The van der Waals surface area contributed by atoms with E-state index in [1.54, 1.807) is 12.0 Å². The average molecular weight is 243 g/mol. The van der Waals surface area contributed by atoms with Crippen molar-refractivity contribution in [3.63, 3.8) is 0 Å². The summed E-state index contributed by atoms with van der Waals surface area (Å²) in [6.07, 6.45) is 1.40. The molecule has 1 rings (SSSR count). The van der Waals surface area contributed by atoms with Crippen molar-refractivity contribution in [2.24, 2.45) is 11.8 Å². The van der Waals surface area contributed by atoms with E-state index in [1.165, 1.54) is 0 Å². The van der Waals surface area contributed by atoms with Crippen LogP contribution in [0, 0.1) is 11.8 Å². The maximum Gasteiger partial charge on any atom is 0.308 e. The second-order valence-electron chi connectivity index (χ2n) is 4.81. The molecular formula is C12H21NO4. The van der Waals surface area contributed by atoms with Gasteiger partial charge < -0.3 is 14.7 Å². The first kappa shape index (κ1) is 14.0. The Labute approximate surface area is 102 Å². The number of hydrogen-bond donors (Lipinski definition) is 1. The second kappa shape index (κ2) is 6.00. The number of amides is 1. The number of carboxylic acid groups (broad SMARTS) is 1. The van der Waals surface area contributed by atoms with Gasteiger partial charge in [-0.25, -0.2) is 0 Å². The Morgan fingerprint density at radius 3 is 2.65 bits per heavy atom. The van der Waals surface area contributed by atoms with Crippen LogP contribution in [-0.2, 0) is 14.3 Å². The van der Waals surface area contributed by atoms with Crippen LogP contribution < -0.4 is 0 Å². The quantitative estimate of drug-likeness (QED) is 0.799. The first-order valence-electron chi connectivity index (χ1n) is 5.99. The molecule has 3 atom stereocenters. The molecule has 0 aromatic heterocycles. The van der Waals surface area contributed by atoms with Crippen LogP contribution in [0.5, 0.6) is 0 Å². The highest BCUT2D eigenvalue weighted by Gasteiger charge is 2.34. The van der Waals surface area contributed by atoms with Crippen molar-refractivity contribution >= 4 is 11.9 Å². The van der Waals surface area contributed by atoms with Crippen molar-refractivity contribution < 1.29 is 19.4 Å². The zero-order valence-corrected chi connectivity index (χ0v) is 10.7. The van der Waals surface area contributed by atoms with E-state index in [0.717, 1.165) is 6.42 Å². The summed E-state index contributed by atoms with van der Waals surface area (Å²) in [5.74, 6) is -1.46. The Balaban J connectivity index is 2.66. The van der Waals surface area contributed by atoms with Crippen molar-refractivity contribution in [3.05, 3.63) is 0 Å². The SMILES string of the molecule is COCC(C)C(=O)N1CC(C(=O)O)CCC1C. The molecule has 0 spiro atoms. The zero-order chi connectivity index (χ0) is 13.0. The predicted molar refractivity (Wildman–Crippen MR) is 62.6 cm³/mol. The van der Waals surface area contributed by atoms with Gasteiger partial charge in [-0.05, 0) is 19.8 Å². The third kappa shape index (κ3) is 3.43. The van der Waals surface area contributed by atoms with Gasteiger partial charge in [-0.2, -0.15) is 0 Å². The monoisotopic (exact) mass is 243 g/mol. The van der Waals surface area contributed by atoms with Crippen LogP contribution in [-0.4, -0.2) is 48.2 Å². The van der Waals surface area contributed by atoms with Crippen LogP contribution in [0.4, 0.5) is 0 Å². The van der Waals surface area contributed by atoms with E-state index >= 15 is 0 Å². The van der Waals surface area contributed by atoms with Gasteiger partial charge in [0, 0.05) is 19.7 Å². The molecule has 1 amide bonds. The normalized spacial score (nSPS) is 26.6. The van der Waals surface area contributed by atoms with E-state index < -0.39 is 11.9 Å². The number of likely N-dealkylation sites (tertiary alicyclic amines) is 1. The Morgan fingerprint density at radius 2 is 2.12 bits per heavy atom. The van der Waals surface area contributed by atoms with E-state index in [1.807, 2.05) is 13.8 Å².